The molecule has 0 atom stereocenters. The molecule has 1 aliphatic carbocycles. The number of aryl methyl sites for hydroxylation is 1. The van der Waals surface area contributed by atoms with Crippen molar-refractivity contribution in [3.05, 3.63) is 20.3 Å². The Morgan fingerprint density at radius 2 is 2.16 bits per heavy atom. The monoisotopic (exact) mass is 342 g/mol. The van der Waals surface area contributed by atoms with E-state index in [1.54, 1.807) is 0 Å². The molecule has 2 heterocycles. The molecule has 0 unspecified atom stereocenters. The van der Waals surface area contributed by atoms with Gasteiger partial charge in [-0.2, -0.15) is 0 Å². The fourth-order valence-electron chi connectivity index (χ4n) is 3.62. The third kappa shape index (κ3) is 2.92. The first-order valence-corrected chi connectivity index (χ1v) is 9.01. The molecule has 1 aliphatic heterocycles. The van der Waals surface area contributed by atoms with Gasteiger partial charge in [0.2, 0.25) is 0 Å². The topological polar surface area (TPSA) is 15.3 Å². The fraction of sp³-hybridized carbons (Fsp3) is 0.733. The SMILES string of the molecule is Cc1sc(CN2CCNCC23CCCCC3)cc1Br. The largest absolute Gasteiger partial charge is 0.314 e. The Labute approximate surface area is 128 Å². The van der Waals surface area contributed by atoms with Crippen molar-refractivity contribution >= 4 is 27.3 Å². The van der Waals surface area contributed by atoms with E-state index in [9.17, 15) is 0 Å². The molecule has 4 heteroatoms. The van der Waals surface area contributed by atoms with Gasteiger partial charge in [0, 0.05) is 45.9 Å². The molecule has 1 aromatic rings. The van der Waals surface area contributed by atoms with Gasteiger partial charge in [0.25, 0.3) is 0 Å². The van der Waals surface area contributed by atoms with Gasteiger partial charge in [-0.1, -0.05) is 19.3 Å². The fourth-order valence-corrected chi connectivity index (χ4v) is 5.24. The molecule has 19 heavy (non-hydrogen) atoms. The van der Waals surface area contributed by atoms with Crippen LogP contribution in [0.1, 0.15) is 41.9 Å². The number of hydrogen-bond donors (Lipinski definition) is 1. The number of halogens is 1. The van der Waals surface area contributed by atoms with Crippen LogP contribution in [-0.4, -0.2) is 30.1 Å². The minimum atomic E-state index is 0.445. The molecular formula is C15H23BrN2S. The number of nitrogens with one attached hydrogen (secondary N) is 1. The average molecular weight is 343 g/mol. The highest BCUT2D eigenvalue weighted by Gasteiger charge is 2.39. The molecule has 3 rings (SSSR count). The molecule has 1 saturated heterocycles. The summed E-state index contributed by atoms with van der Waals surface area (Å²) >= 11 is 5.59. The van der Waals surface area contributed by atoms with Gasteiger partial charge in [0.15, 0.2) is 0 Å². The lowest BCUT2D eigenvalue weighted by atomic mass is 9.79. The lowest BCUT2D eigenvalue weighted by Gasteiger charge is -2.49. The summed E-state index contributed by atoms with van der Waals surface area (Å²) in [6, 6.07) is 2.32. The number of piperazine rings is 1. The van der Waals surface area contributed by atoms with E-state index >= 15 is 0 Å². The summed E-state index contributed by atoms with van der Waals surface area (Å²) in [4.78, 5) is 5.68. The Balaban J connectivity index is 1.76. The van der Waals surface area contributed by atoms with Crippen molar-refractivity contribution in [2.24, 2.45) is 0 Å². The van der Waals surface area contributed by atoms with Gasteiger partial charge < -0.3 is 5.32 Å². The van der Waals surface area contributed by atoms with Crippen molar-refractivity contribution in [3.8, 4) is 0 Å². The van der Waals surface area contributed by atoms with Crippen molar-refractivity contribution < 1.29 is 0 Å². The molecule has 0 radical (unpaired) electrons. The number of hydrogen-bond acceptors (Lipinski definition) is 3. The zero-order chi connectivity index (χ0) is 13.3. The summed E-state index contributed by atoms with van der Waals surface area (Å²) in [6.07, 6.45) is 7.01. The highest BCUT2D eigenvalue weighted by atomic mass is 79.9. The van der Waals surface area contributed by atoms with Crippen LogP contribution in [0.15, 0.2) is 10.5 Å². The summed E-state index contributed by atoms with van der Waals surface area (Å²) in [5.74, 6) is 0. The number of thiophene rings is 1. The first-order valence-electron chi connectivity index (χ1n) is 7.40. The molecule has 2 aliphatic rings. The molecule has 1 aromatic heterocycles. The lowest BCUT2D eigenvalue weighted by molar-refractivity contribution is 0.0217. The molecule has 0 bridgehead atoms. The Hall–Kier alpha value is 0.100. The van der Waals surface area contributed by atoms with E-state index in [0.29, 0.717) is 5.54 Å². The second-order valence-electron chi connectivity index (χ2n) is 6.00. The van der Waals surface area contributed by atoms with E-state index < -0.39 is 0 Å². The van der Waals surface area contributed by atoms with E-state index in [-0.39, 0.29) is 0 Å². The molecule has 1 spiro atoms. The number of rotatable bonds is 2. The van der Waals surface area contributed by atoms with E-state index in [1.807, 2.05) is 11.3 Å². The standard InChI is InChI=1S/C15H23BrN2S/c1-12-14(16)9-13(19-12)10-18-8-7-17-11-15(18)5-3-2-4-6-15/h9,17H,2-8,10-11H2,1H3. The van der Waals surface area contributed by atoms with Gasteiger partial charge in [0.05, 0.1) is 0 Å². The van der Waals surface area contributed by atoms with Crippen LogP contribution in [-0.2, 0) is 6.54 Å². The minimum absolute atomic E-state index is 0.445. The van der Waals surface area contributed by atoms with Crippen LogP contribution in [0.4, 0.5) is 0 Å². The number of nitrogens with zero attached hydrogens (tertiary/aromatic N) is 1. The Morgan fingerprint density at radius 3 is 2.84 bits per heavy atom. The zero-order valence-electron chi connectivity index (χ0n) is 11.7. The third-order valence-corrected chi connectivity index (χ3v) is 6.84. The molecule has 2 fully saturated rings. The van der Waals surface area contributed by atoms with Crippen molar-refractivity contribution in [2.75, 3.05) is 19.6 Å². The maximum absolute atomic E-state index is 3.65. The van der Waals surface area contributed by atoms with Crippen LogP contribution < -0.4 is 5.32 Å². The van der Waals surface area contributed by atoms with Crippen LogP contribution >= 0.6 is 27.3 Å². The van der Waals surface area contributed by atoms with Crippen molar-refractivity contribution in [2.45, 2.75) is 51.1 Å². The highest BCUT2D eigenvalue weighted by molar-refractivity contribution is 9.10. The van der Waals surface area contributed by atoms with Crippen LogP contribution in [0.3, 0.4) is 0 Å². The second-order valence-corrected chi connectivity index (χ2v) is 8.20. The van der Waals surface area contributed by atoms with Gasteiger partial charge >= 0.3 is 0 Å². The normalized spacial score (nSPS) is 23.9. The molecule has 1 N–H and O–H groups in total. The van der Waals surface area contributed by atoms with Crippen LogP contribution in [0.25, 0.3) is 0 Å². The Morgan fingerprint density at radius 1 is 1.37 bits per heavy atom. The summed E-state index contributed by atoms with van der Waals surface area (Å²) in [6.45, 7) is 6.88. The van der Waals surface area contributed by atoms with Gasteiger partial charge in [-0.25, -0.2) is 0 Å². The zero-order valence-corrected chi connectivity index (χ0v) is 14.1. The third-order valence-electron chi connectivity index (χ3n) is 4.72. The predicted octanol–water partition coefficient (Wildman–Crippen LogP) is 3.93. The van der Waals surface area contributed by atoms with Crippen LogP contribution in [0, 0.1) is 6.92 Å². The summed E-state index contributed by atoms with van der Waals surface area (Å²) < 4.78 is 1.28. The van der Waals surface area contributed by atoms with Crippen molar-refractivity contribution in [1.29, 1.82) is 0 Å². The van der Waals surface area contributed by atoms with Gasteiger partial charge in [0.1, 0.15) is 0 Å². The minimum Gasteiger partial charge on any atom is -0.314 e. The van der Waals surface area contributed by atoms with E-state index in [2.05, 4.69) is 39.1 Å². The first-order chi connectivity index (χ1) is 9.20. The summed E-state index contributed by atoms with van der Waals surface area (Å²) in [7, 11) is 0. The Bertz CT molecular complexity index is 410. The highest BCUT2D eigenvalue weighted by Crippen LogP contribution is 2.37. The molecule has 0 amide bonds. The van der Waals surface area contributed by atoms with Gasteiger partial charge in [-0.15, -0.1) is 11.3 Å². The maximum atomic E-state index is 3.65. The molecule has 106 valence electrons. The van der Waals surface area contributed by atoms with Gasteiger partial charge in [-0.3, -0.25) is 4.90 Å². The average Bonchev–Trinajstić information content (AvgIpc) is 2.73. The van der Waals surface area contributed by atoms with Crippen LogP contribution in [0.2, 0.25) is 0 Å². The quantitative estimate of drug-likeness (QED) is 0.875. The van der Waals surface area contributed by atoms with Crippen molar-refractivity contribution in [3.63, 3.8) is 0 Å². The molecular weight excluding hydrogens is 320 g/mol. The van der Waals surface area contributed by atoms with Crippen LogP contribution in [0.5, 0.6) is 0 Å². The lowest BCUT2D eigenvalue weighted by Crippen LogP contribution is -2.61. The predicted molar refractivity (Wildman–Crippen MR) is 85.9 cm³/mol. The summed E-state index contributed by atoms with van der Waals surface area (Å²) in [5, 5.41) is 3.63. The van der Waals surface area contributed by atoms with E-state index in [4.69, 9.17) is 0 Å². The van der Waals surface area contributed by atoms with E-state index in [1.165, 1.54) is 59.4 Å². The Kier molecular flexibility index (Phi) is 4.32. The smallest absolute Gasteiger partial charge is 0.0338 e. The molecule has 0 aromatic carbocycles. The molecule has 1 saturated carbocycles. The van der Waals surface area contributed by atoms with Crippen molar-refractivity contribution in [1.82, 2.24) is 10.2 Å². The summed E-state index contributed by atoms with van der Waals surface area (Å²) in [5.41, 5.74) is 0.445. The first kappa shape index (κ1) is 14.1. The molecule has 2 nitrogen and oxygen atoms in total. The van der Waals surface area contributed by atoms with Gasteiger partial charge in [-0.05, 0) is 41.8 Å². The van der Waals surface area contributed by atoms with E-state index in [0.717, 1.165) is 13.1 Å². The second kappa shape index (κ2) is 5.84. The maximum Gasteiger partial charge on any atom is 0.0338 e.